The maximum atomic E-state index is 12.1. The Morgan fingerprint density at radius 1 is 1.20 bits per heavy atom. The van der Waals surface area contributed by atoms with Crippen molar-refractivity contribution in [2.45, 2.75) is 25.2 Å². The van der Waals surface area contributed by atoms with Crippen LogP contribution in [0, 0.1) is 0 Å². The Kier molecular flexibility index (Phi) is 3.42. The summed E-state index contributed by atoms with van der Waals surface area (Å²) >= 11 is 0. The third kappa shape index (κ3) is 2.27. The summed E-state index contributed by atoms with van der Waals surface area (Å²) < 4.78 is 0. The molecule has 1 atom stereocenters. The van der Waals surface area contributed by atoms with Crippen LogP contribution in [-0.2, 0) is 0 Å². The molecule has 0 bridgehead atoms. The molecule has 0 radical (unpaired) electrons. The van der Waals surface area contributed by atoms with Gasteiger partial charge in [-0.1, -0.05) is 42.5 Å². The average Bonchev–Trinajstić information content (AvgIpc) is 2.49. The summed E-state index contributed by atoms with van der Waals surface area (Å²) in [4.78, 5) is 14.8. The molecular formula is C17H17NO2. The molecule has 2 aromatic rings. The quantitative estimate of drug-likeness (QED) is 0.817. The Balaban J connectivity index is 2.13. The van der Waals surface area contributed by atoms with E-state index in [0.717, 1.165) is 24.8 Å². The van der Waals surface area contributed by atoms with Gasteiger partial charge in [0.1, 0.15) is 5.75 Å². The minimum Gasteiger partial charge on any atom is -0.507 e. The van der Waals surface area contributed by atoms with Crippen molar-refractivity contribution in [2.24, 2.45) is 0 Å². The largest absolute Gasteiger partial charge is 0.507 e. The highest BCUT2D eigenvalue weighted by atomic mass is 16.3. The molecule has 3 heteroatoms. The third-order valence-electron chi connectivity index (χ3n) is 3.81. The van der Waals surface area contributed by atoms with Gasteiger partial charge in [-0.15, -0.1) is 0 Å². The second-order valence-corrected chi connectivity index (χ2v) is 5.13. The number of aromatic nitrogens is 1. The van der Waals surface area contributed by atoms with Crippen molar-refractivity contribution in [3.63, 3.8) is 0 Å². The Morgan fingerprint density at radius 3 is 2.70 bits per heavy atom. The van der Waals surface area contributed by atoms with Crippen LogP contribution in [0.1, 0.15) is 30.7 Å². The molecule has 0 aliphatic heterocycles. The zero-order valence-electron chi connectivity index (χ0n) is 11.2. The fraction of sp³-hybridized carbons (Fsp3) is 0.235. The molecule has 0 amide bonds. The van der Waals surface area contributed by atoms with E-state index in [0.29, 0.717) is 11.1 Å². The van der Waals surface area contributed by atoms with E-state index in [-0.39, 0.29) is 17.2 Å². The van der Waals surface area contributed by atoms with Crippen LogP contribution < -0.4 is 5.56 Å². The number of H-pyrrole nitrogens is 1. The first kappa shape index (κ1) is 12.7. The molecule has 20 heavy (non-hydrogen) atoms. The van der Waals surface area contributed by atoms with Gasteiger partial charge in [-0.25, -0.2) is 0 Å². The molecule has 0 fully saturated rings. The Labute approximate surface area is 117 Å². The lowest BCUT2D eigenvalue weighted by molar-refractivity contribution is 0.461. The van der Waals surface area contributed by atoms with Gasteiger partial charge in [0.15, 0.2) is 0 Å². The molecular weight excluding hydrogens is 250 g/mol. The van der Waals surface area contributed by atoms with Crippen LogP contribution in [0.4, 0.5) is 0 Å². The number of pyridine rings is 1. The summed E-state index contributed by atoms with van der Waals surface area (Å²) in [6, 6.07) is 9.61. The van der Waals surface area contributed by atoms with Gasteiger partial charge in [0.2, 0.25) is 0 Å². The summed E-state index contributed by atoms with van der Waals surface area (Å²) in [5, 5.41) is 10.5. The molecule has 1 unspecified atom stereocenters. The van der Waals surface area contributed by atoms with Gasteiger partial charge < -0.3 is 10.1 Å². The second kappa shape index (κ2) is 5.37. The number of allylic oxidation sites excluding steroid dienone is 2. The fourth-order valence-electron chi connectivity index (χ4n) is 2.77. The topological polar surface area (TPSA) is 53.1 Å². The van der Waals surface area contributed by atoms with Gasteiger partial charge in [-0.05, 0) is 24.8 Å². The Morgan fingerprint density at radius 2 is 2.00 bits per heavy atom. The molecule has 1 aromatic heterocycles. The van der Waals surface area contributed by atoms with Crippen molar-refractivity contribution in [2.75, 3.05) is 0 Å². The highest BCUT2D eigenvalue weighted by Gasteiger charge is 2.21. The molecule has 0 saturated carbocycles. The molecule has 1 heterocycles. The fourth-order valence-corrected chi connectivity index (χ4v) is 2.77. The van der Waals surface area contributed by atoms with Crippen molar-refractivity contribution in [1.82, 2.24) is 4.98 Å². The number of aromatic amines is 1. The van der Waals surface area contributed by atoms with Crippen molar-refractivity contribution < 1.29 is 5.11 Å². The maximum Gasteiger partial charge on any atom is 0.255 e. The van der Waals surface area contributed by atoms with Crippen molar-refractivity contribution in [1.29, 1.82) is 0 Å². The summed E-state index contributed by atoms with van der Waals surface area (Å²) in [5.74, 6) is 0.118. The lowest BCUT2D eigenvalue weighted by Crippen LogP contribution is -2.16. The lowest BCUT2D eigenvalue weighted by Gasteiger charge is -2.18. The van der Waals surface area contributed by atoms with Crippen molar-refractivity contribution in [3.8, 4) is 16.9 Å². The normalized spacial score (nSPS) is 18.1. The van der Waals surface area contributed by atoms with Gasteiger partial charge in [-0.3, -0.25) is 4.79 Å². The van der Waals surface area contributed by atoms with E-state index in [2.05, 4.69) is 11.1 Å². The van der Waals surface area contributed by atoms with E-state index in [9.17, 15) is 9.90 Å². The van der Waals surface area contributed by atoms with Crippen LogP contribution >= 0.6 is 0 Å². The maximum absolute atomic E-state index is 12.1. The van der Waals surface area contributed by atoms with Gasteiger partial charge in [0.25, 0.3) is 5.56 Å². The lowest BCUT2D eigenvalue weighted by atomic mass is 9.88. The highest BCUT2D eigenvalue weighted by Crippen LogP contribution is 2.36. The first-order valence-corrected chi connectivity index (χ1v) is 6.94. The Bertz CT molecular complexity index is 686. The van der Waals surface area contributed by atoms with Gasteiger partial charge >= 0.3 is 0 Å². The van der Waals surface area contributed by atoms with Crippen molar-refractivity contribution in [3.05, 3.63) is 64.6 Å². The van der Waals surface area contributed by atoms with Crippen LogP contribution in [0.15, 0.2) is 53.5 Å². The molecule has 3 nitrogen and oxygen atoms in total. The monoisotopic (exact) mass is 267 g/mol. The minimum atomic E-state index is -0.196. The molecule has 3 rings (SSSR count). The van der Waals surface area contributed by atoms with E-state index in [1.807, 2.05) is 36.4 Å². The summed E-state index contributed by atoms with van der Waals surface area (Å²) in [7, 11) is 0. The number of rotatable bonds is 2. The van der Waals surface area contributed by atoms with Crippen LogP contribution in [0.2, 0.25) is 0 Å². The van der Waals surface area contributed by atoms with Crippen molar-refractivity contribution >= 4 is 0 Å². The minimum absolute atomic E-state index is 0.0103. The molecule has 1 aliphatic carbocycles. The summed E-state index contributed by atoms with van der Waals surface area (Å²) in [6.07, 6.45) is 8.71. The van der Waals surface area contributed by atoms with E-state index in [1.54, 1.807) is 6.20 Å². The zero-order chi connectivity index (χ0) is 13.9. The second-order valence-electron chi connectivity index (χ2n) is 5.13. The summed E-state index contributed by atoms with van der Waals surface area (Å²) in [5.41, 5.74) is 1.88. The summed E-state index contributed by atoms with van der Waals surface area (Å²) in [6.45, 7) is 0. The zero-order valence-corrected chi connectivity index (χ0v) is 11.2. The number of nitrogens with one attached hydrogen (secondary N) is 1. The first-order chi connectivity index (χ1) is 9.77. The number of benzene rings is 1. The van der Waals surface area contributed by atoms with Gasteiger partial charge in [0, 0.05) is 17.7 Å². The number of hydrogen-bond donors (Lipinski definition) is 2. The number of hydrogen-bond acceptors (Lipinski definition) is 2. The smallest absolute Gasteiger partial charge is 0.255 e. The SMILES string of the molecule is O=c1[nH]cc(-c2ccccc2)c(O)c1C1C=CCCC1. The third-order valence-corrected chi connectivity index (χ3v) is 3.81. The van der Waals surface area contributed by atoms with Crippen LogP contribution in [0.25, 0.3) is 11.1 Å². The highest BCUT2D eigenvalue weighted by molar-refractivity contribution is 5.71. The number of aromatic hydroxyl groups is 1. The van der Waals surface area contributed by atoms with Crippen LogP contribution in [0.5, 0.6) is 5.75 Å². The van der Waals surface area contributed by atoms with E-state index < -0.39 is 0 Å². The van der Waals surface area contributed by atoms with E-state index in [4.69, 9.17) is 0 Å². The molecule has 1 aromatic carbocycles. The first-order valence-electron chi connectivity index (χ1n) is 6.94. The van der Waals surface area contributed by atoms with Gasteiger partial charge in [-0.2, -0.15) is 0 Å². The van der Waals surface area contributed by atoms with Gasteiger partial charge in [0.05, 0.1) is 5.56 Å². The van der Waals surface area contributed by atoms with E-state index in [1.165, 1.54) is 0 Å². The van der Waals surface area contributed by atoms with E-state index >= 15 is 0 Å². The van der Waals surface area contributed by atoms with Crippen LogP contribution in [0.3, 0.4) is 0 Å². The molecule has 0 saturated heterocycles. The average molecular weight is 267 g/mol. The standard InChI is InChI=1S/C17H17NO2/c19-16-14(12-7-3-1-4-8-12)11-18-17(20)15(16)13-9-5-2-6-10-13/h1,3-5,7-9,11,13H,2,6,10H2,(H2,18,19,20). The predicted molar refractivity (Wildman–Crippen MR) is 79.9 cm³/mol. The molecule has 2 N–H and O–H groups in total. The molecule has 1 aliphatic rings. The van der Waals surface area contributed by atoms with Crippen LogP contribution in [-0.4, -0.2) is 10.1 Å². The molecule has 0 spiro atoms. The molecule has 102 valence electrons. The Hall–Kier alpha value is -2.29. The predicted octanol–water partition coefficient (Wildman–Crippen LogP) is 3.57.